The number of amides is 1. The summed E-state index contributed by atoms with van der Waals surface area (Å²) >= 11 is 0. The molecule has 6 heteroatoms. The Hall–Kier alpha value is -2.37. The van der Waals surface area contributed by atoms with E-state index in [1.807, 2.05) is 0 Å². The number of benzene rings is 1. The zero-order chi connectivity index (χ0) is 15.5. The summed E-state index contributed by atoms with van der Waals surface area (Å²) in [5, 5.41) is 2.57. The number of nitrogens with zero attached hydrogens (tertiary/aromatic N) is 1. The summed E-state index contributed by atoms with van der Waals surface area (Å²) in [6.45, 7) is 1.82. The van der Waals surface area contributed by atoms with Gasteiger partial charge in [-0.25, -0.2) is 0 Å². The summed E-state index contributed by atoms with van der Waals surface area (Å²) < 4.78 is 37.7. The Bertz CT molecular complexity index is 636. The molecule has 0 aliphatic rings. The molecule has 1 amide bonds. The molecule has 0 aliphatic heterocycles. The van der Waals surface area contributed by atoms with Crippen molar-refractivity contribution in [3.05, 3.63) is 65.0 Å². The topological polar surface area (TPSA) is 42.0 Å². The van der Waals surface area contributed by atoms with Gasteiger partial charge in [0.1, 0.15) is 0 Å². The van der Waals surface area contributed by atoms with Gasteiger partial charge in [0.2, 0.25) is 0 Å². The van der Waals surface area contributed by atoms with Crippen molar-refractivity contribution >= 4 is 5.91 Å². The maximum atomic E-state index is 12.6. The highest BCUT2D eigenvalue weighted by molar-refractivity contribution is 5.93. The number of nitrogens with one attached hydrogen (secondary N) is 1. The fourth-order valence-corrected chi connectivity index (χ4v) is 1.74. The van der Waals surface area contributed by atoms with Crippen molar-refractivity contribution in [1.29, 1.82) is 0 Å². The van der Waals surface area contributed by atoms with Gasteiger partial charge in [-0.1, -0.05) is 12.1 Å². The van der Waals surface area contributed by atoms with E-state index in [1.54, 1.807) is 19.1 Å². The monoisotopic (exact) mass is 294 g/mol. The zero-order valence-corrected chi connectivity index (χ0v) is 11.2. The lowest BCUT2D eigenvalue weighted by Crippen LogP contribution is -2.23. The molecule has 0 spiro atoms. The highest BCUT2D eigenvalue weighted by atomic mass is 19.4. The SMILES string of the molecule is Cc1ccc(C(=O)NCc2cccc(C(F)(F)F)c2)cn1. The van der Waals surface area contributed by atoms with E-state index in [0.717, 1.165) is 17.8 Å². The van der Waals surface area contributed by atoms with Crippen molar-refractivity contribution in [3.63, 3.8) is 0 Å². The highest BCUT2D eigenvalue weighted by Gasteiger charge is 2.30. The average molecular weight is 294 g/mol. The average Bonchev–Trinajstić information content (AvgIpc) is 2.45. The molecule has 0 radical (unpaired) electrons. The van der Waals surface area contributed by atoms with E-state index in [-0.39, 0.29) is 12.5 Å². The van der Waals surface area contributed by atoms with Gasteiger partial charge in [-0.15, -0.1) is 0 Å². The van der Waals surface area contributed by atoms with Crippen molar-refractivity contribution in [3.8, 4) is 0 Å². The van der Waals surface area contributed by atoms with Gasteiger partial charge in [0.05, 0.1) is 11.1 Å². The van der Waals surface area contributed by atoms with Gasteiger partial charge in [0, 0.05) is 18.4 Å². The third-order valence-corrected chi connectivity index (χ3v) is 2.88. The van der Waals surface area contributed by atoms with Crippen molar-refractivity contribution < 1.29 is 18.0 Å². The zero-order valence-electron chi connectivity index (χ0n) is 11.2. The lowest BCUT2D eigenvalue weighted by atomic mass is 10.1. The van der Waals surface area contributed by atoms with Gasteiger partial charge in [-0.05, 0) is 36.8 Å². The molecule has 0 bridgehead atoms. The van der Waals surface area contributed by atoms with Crippen molar-refractivity contribution in [2.45, 2.75) is 19.6 Å². The van der Waals surface area contributed by atoms with Crippen LogP contribution in [0.15, 0.2) is 42.6 Å². The number of hydrogen-bond acceptors (Lipinski definition) is 2. The standard InChI is InChI=1S/C15H13F3N2O/c1-10-5-6-12(9-19-10)14(21)20-8-11-3-2-4-13(7-11)15(16,17)18/h2-7,9H,8H2,1H3,(H,20,21). The normalized spacial score (nSPS) is 11.2. The fraction of sp³-hybridized carbons (Fsp3) is 0.200. The Kier molecular flexibility index (Phi) is 4.26. The number of halogens is 3. The third kappa shape index (κ3) is 4.05. The molecular weight excluding hydrogens is 281 g/mol. The molecule has 0 saturated heterocycles. The number of carbonyl (C=O) groups is 1. The molecule has 2 aromatic rings. The summed E-state index contributed by atoms with van der Waals surface area (Å²) in [5.74, 6) is -0.375. The fourth-order valence-electron chi connectivity index (χ4n) is 1.74. The number of rotatable bonds is 3. The maximum absolute atomic E-state index is 12.6. The summed E-state index contributed by atoms with van der Waals surface area (Å²) in [4.78, 5) is 15.8. The second-order valence-corrected chi connectivity index (χ2v) is 4.57. The van der Waals surface area contributed by atoms with Gasteiger partial charge in [0.25, 0.3) is 5.91 Å². The minimum Gasteiger partial charge on any atom is -0.348 e. The second kappa shape index (κ2) is 5.95. The number of pyridine rings is 1. The Morgan fingerprint density at radius 2 is 2.00 bits per heavy atom. The molecule has 1 aromatic carbocycles. The number of alkyl halides is 3. The number of carbonyl (C=O) groups excluding carboxylic acids is 1. The Labute approximate surface area is 119 Å². The van der Waals surface area contributed by atoms with Gasteiger partial charge in [-0.2, -0.15) is 13.2 Å². The molecule has 21 heavy (non-hydrogen) atoms. The molecule has 3 nitrogen and oxygen atoms in total. The van der Waals surface area contributed by atoms with Gasteiger partial charge >= 0.3 is 6.18 Å². The largest absolute Gasteiger partial charge is 0.416 e. The third-order valence-electron chi connectivity index (χ3n) is 2.88. The summed E-state index contributed by atoms with van der Waals surface area (Å²) in [6, 6.07) is 8.17. The molecule has 1 aromatic heterocycles. The second-order valence-electron chi connectivity index (χ2n) is 4.57. The number of aryl methyl sites for hydroxylation is 1. The van der Waals surface area contributed by atoms with E-state index in [0.29, 0.717) is 11.1 Å². The van der Waals surface area contributed by atoms with E-state index < -0.39 is 11.7 Å². The van der Waals surface area contributed by atoms with Crippen molar-refractivity contribution in [1.82, 2.24) is 10.3 Å². The number of hydrogen-bond donors (Lipinski definition) is 1. The van der Waals surface area contributed by atoms with E-state index >= 15 is 0 Å². The van der Waals surface area contributed by atoms with E-state index in [2.05, 4.69) is 10.3 Å². The van der Waals surface area contributed by atoms with Crippen LogP contribution in [0.5, 0.6) is 0 Å². The van der Waals surface area contributed by atoms with Gasteiger partial charge in [-0.3, -0.25) is 9.78 Å². The van der Waals surface area contributed by atoms with Crippen molar-refractivity contribution in [2.24, 2.45) is 0 Å². The first kappa shape index (κ1) is 15.0. The summed E-state index contributed by atoms with van der Waals surface area (Å²) in [6.07, 6.45) is -2.96. The molecule has 0 fully saturated rings. The van der Waals surface area contributed by atoms with Crippen molar-refractivity contribution in [2.75, 3.05) is 0 Å². The molecule has 110 valence electrons. The van der Waals surface area contributed by atoms with Crippen LogP contribution in [0, 0.1) is 6.92 Å². The van der Waals surface area contributed by atoms with Crippen LogP contribution in [0.1, 0.15) is 27.2 Å². The lowest BCUT2D eigenvalue weighted by molar-refractivity contribution is -0.137. The first-order valence-corrected chi connectivity index (χ1v) is 6.23. The Morgan fingerprint density at radius 1 is 1.24 bits per heavy atom. The van der Waals surface area contributed by atoms with Crippen LogP contribution in [0.25, 0.3) is 0 Å². The minimum absolute atomic E-state index is 0.0244. The van der Waals surface area contributed by atoms with E-state index in [1.165, 1.54) is 18.3 Å². The quantitative estimate of drug-likeness (QED) is 0.943. The summed E-state index contributed by atoms with van der Waals surface area (Å²) in [5.41, 5.74) is 0.807. The molecule has 1 heterocycles. The smallest absolute Gasteiger partial charge is 0.348 e. The minimum atomic E-state index is -4.39. The molecule has 0 aliphatic carbocycles. The summed E-state index contributed by atoms with van der Waals surface area (Å²) in [7, 11) is 0. The Morgan fingerprint density at radius 3 is 2.62 bits per heavy atom. The van der Waals surface area contributed by atoms with Crippen LogP contribution in [0.2, 0.25) is 0 Å². The van der Waals surface area contributed by atoms with Crippen LogP contribution in [-0.2, 0) is 12.7 Å². The van der Waals surface area contributed by atoms with E-state index in [9.17, 15) is 18.0 Å². The molecule has 0 atom stereocenters. The molecule has 1 N–H and O–H groups in total. The number of aromatic nitrogens is 1. The van der Waals surface area contributed by atoms with Crippen LogP contribution in [0.3, 0.4) is 0 Å². The van der Waals surface area contributed by atoms with Crippen LogP contribution in [-0.4, -0.2) is 10.9 Å². The van der Waals surface area contributed by atoms with Crippen LogP contribution >= 0.6 is 0 Å². The van der Waals surface area contributed by atoms with E-state index in [4.69, 9.17) is 0 Å². The first-order valence-electron chi connectivity index (χ1n) is 6.23. The van der Waals surface area contributed by atoms with Crippen LogP contribution in [0.4, 0.5) is 13.2 Å². The predicted octanol–water partition coefficient (Wildman–Crippen LogP) is 3.34. The highest BCUT2D eigenvalue weighted by Crippen LogP contribution is 2.29. The van der Waals surface area contributed by atoms with Gasteiger partial charge in [0.15, 0.2) is 0 Å². The first-order chi connectivity index (χ1) is 9.86. The lowest BCUT2D eigenvalue weighted by Gasteiger charge is -2.09. The molecule has 2 rings (SSSR count). The Balaban J connectivity index is 2.03. The molecular formula is C15H13F3N2O. The molecule has 0 unspecified atom stereocenters. The predicted molar refractivity (Wildman–Crippen MR) is 71.6 cm³/mol. The molecule has 0 saturated carbocycles. The van der Waals surface area contributed by atoms with Crippen LogP contribution < -0.4 is 5.32 Å². The maximum Gasteiger partial charge on any atom is 0.416 e. The van der Waals surface area contributed by atoms with Gasteiger partial charge < -0.3 is 5.32 Å².